The molecule has 0 aliphatic rings. The van der Waals surface area contributed by atoms with Gasteiger partial charge in [-0.1, -0.05) is 29.4 Å². The van der Waals surface area contributed by atoms with E-state index < -0.39 is 5.25 Å². The summed E-state index contributed by atoms with van der Waals surface area (Å²) in [5, 5.41) is 16.9. The van der Waals surface area contributed by atoms with Crippen LogP contribution in [-0.4, -0.2) is 40.7 Å². The molecule has 0 fully saturated rings. The highest BCUT2D eigenvalue weighted by molar-refractivity contribution is 8.00. The van der Waals surface area contributed by atoms with Gasteiger partial charge in [0.1, 0.15) is 5.82 Å². The lowest BCUT2D eigenvalue weighted by Gasteiger charge is -2.17. The van der Waals surface area contributed by atoms with Crippen molar-refractivity contribution >= 4 is 35.1 Å². The topological polar surface area (TPSA) is 90.5 Å². The smallest absolute Gasteiger partial charge is 0.238 e. The summed E-state index contributed by atoms with van der Waals surface area (Å²) >= 11 is 7.74. The lowest BCUT2D eigenvalue weighted by Crippen LogP contribution is -2.25. The summed E-state index contributed by atoms with van der Waals surface area (Å²) in [6.07, 6.45) is 5.09. The Bertz CT molecular complexity index is 1270. The van der Waals surface area contributed by atoms with Crippen LogP contribution in [0.1, 0.15) is 32.4 Å². The fraction of sp³-hybridized carbons (Fsp3) is 0.261. The number of nitrogens with one attached hydrogen (secondary N) is 1. The first kappa shape index (κ1) is 23.0. The molecular weight excluding hydrogens is 458 g/mol. The van der Waals surface area contributed by atoms with Gasteiger partial charge in [0.15, 0.2) is 11.0 Å². The molecule has 1 N–H and O–H groups in total. The fourth-order valence-corrected chi connectivity index (χ4v) is 4.38. The third-order valence-electron chi connectivity index (χ3n) is 5.11. The van der Waals surface area contributed by atoms with Crippen molar-refractivity contribution in [2.24, 2.45) is 0 Å². The first-order valence-electron chi connectivity index (χ1n) is 10.5. The van der Waals surface area contributed by atoms with Gasteiger partial charge in [-0.15, -0.1) is 10.2 Å². The molecule has 0 aliphatic heterocycles. The maximum Gasteiger partial charge on any atom is 0.238 e. The van der Waals surface area contributed by atoms with Crippen molar-refractivity contribution in [3.05, 3.63) is 65.6 Å². The van der Waals surface area contributed by atoms with Crippen LogP contribution in [0.5, 0.6) is 0 Å². The van der Waals surface area contributed by atoms with Crippen LogP contribution < -0.4 is 5.32 Å². The maximum absolute atomic E-state index is 13.0. The Labute approximate surface area is 201 Å². The average Bonchev–Trinajstić information content (AvgIpc) is 3.43. The Morgan fingerprint density at radius 3 is 2.55 bits per heavy atom. The normalized spacial score (nSPS) is 12.2. The molecule has 0 bridgehead atoms. The number of nitrogens with zero attached hydrogens (tertiary/aromatic N) is 6. The van der Waals surface area contributed by atoms with Crippen LogP contribution in [0.15, 0.2) is 60.1 Å². The Hall–Kier alpha value is -3.17. The molecule has 4 aromatic rings. The molecule has 1 aromatic carbocycles. The van der Waals surface area contributed by atoms with Crippen molar-refractivity contribution in [3.63, 3.8) is 0 Å². The Kier molecular flexibility index (Phi) is 6.80. The van der Waals surface area contributed by atoms with Crippen LogP contribution >= 0.6 is 23.4 Å². The molecule has 1 atom stereocenters. The number of hydrogen-bond acceptors (Lipinski definition) is 6. The molecule has 1 unspecified atom stereocenters. The fourth-order valence-electron chi connectivity index (χ4n) is 3.35. The number of aromatic nitrogens is 6. The van der Waals surface area contributed by atoms with E-state index in [2.05, 4.69) is 25.6 Å². The van der Waals surface area contributed by atoms with E-state index in [0.717, 1.165) is 16.8 Å². The highest BCUT2D eigenvalue weighted by Crippen LogP contribution is 2.33. The van der Waals surface area contributed by atoms with Gasteiger partial charge in [-0.3, -0.25) is 14.3 Å². The predicted octanol–water partition coefficient (Wildman–Crippen LogP) is 5.19. The van der Waals surface area contributed by atoms with Gasteiger partial charge in [0.25, 0.3) is 0 Å². The van der Waals surface area contributed by atoms with Crippen LogP contribution in [-0.2, 0) is 4.79 Å². The number of amides is 1. The molecule has 3 aromatic heterocycles. The van der Waals surface area contributed by atoms with Gasteiger partial charge in [-0.25, -0.2) is 4.68 Å². The number of rotatable bonds is 7. The molecule has 1 amide bonds. The number of carbonyl (C=O) groups is 1. The summed E-state index contributed by atoms with van der Waals surface area (Å²) in [5.41, 5.74) is 2.61. The minimum absolute atomic E-state index is 0.134. The zero-order chi connectivity index (χ0) is 23.5. The Balaban J connectivity index is 1.68. The second-order valence-electron chi connectivity index (χ2n) is 7.77. The molecule has 8 nitrogen and oxygen atoms in total. The second kappa shape index (κ2) is 9.76. The number of carbonyl (C=O) groups excluding carboxylic acids is 1. The van der Waals surface area contributed by atoms with E-state index in [1.165, 1.54) is 11.8 Å². The molecule has 3 heterocycles. The molecule has 0 aliphatic carbocycles. The van der Waals surface area contributed by atoms with Crippen molar-refractivity contribution < 1.29 is 4.79 Å². The number of pyridine rings is 1. The monoisotopic (exact) mass is 481 g/mol. The first-order chi connectivity index (χ1) is 15.9. The van der Waals surface area contributed by atoms with Crippen molar-refractivity contribution in [3.8, 4) is 17.1 Å². The summed E-state index contributed by atoms with van der Waals surface area (Å²) in [6.45, 7) is 7.81. The van der Waals surface area contributed by atoms with Crippen LogP contribution in [0, 0.1) is 6.92 Å². The first-order valence-corrected chi connectivity index (χ1v) is 11.7. The standard InChI is InChI=1S/C23H24ClN7OS/c1-14(2)31-20(10-13-26-31)27-22(32)16(4)33-23-29-28-21(17-8-11-25-12-9-17)30(23)19-7-5-6-18(24)15(19)3/h5-14,16H,1-4H3,(H,27,32). The average molecular weight is 482 g/mol. The van der Waals surface area contributed by atoms with Gasteiger partial charge in [-0.05, 0) is 57.5 Å². The molecule has 0 saturated heterocycles. The maximum atomic E-state index is 13.0. The molecule has 4 rings (SSSR count). The van der Waals surface area contributed by atoms with Gasteiger partial charge < -0.3 is 5.32 Å². The van der Waals surface area contributed by atoms with E-state index in [0.29, 0.717) is 21.8 Å². The third kappa shape index (κ3) is 4.79. The lowest BCUT2D eigenvalue weighted by atomic mass is 10.2. The van der Waals surface area contributed by atoms with Gasteiger partial charge >= 0.3 is 0 Å². The summed E-state index contributed by atoms with van der Waals surface area (Å²) in [5.74, 6) is 1.16. The molecule has 0 radical (unpaired) electrons. The quantitative estimate of drug-likeness (QED) is 0.365. The zero-order valence-electron chi connectivity index (χ0n) is 18.7. The van der Waals surface area contributed by atoms with Crippen molar-refractivity contribution in [1.82, 2.24) is 29.5 Å². The number of benzene rings is 1. The molecule has 0 spiro atoms. The number of thioether (sulfide) groups is 1. The highest BCUT2D eigenvalue weighted by Gasteiger charge is 2.24. The van der Waals surface area contributed by atoms with Crippen LogP contribution in [0.4, 0.5) is 5.82 Å². The molecule has 33 heavy (non-hydrogen) atoms. The summed E-state index contributed by atoms with van der Waals surface area (Å²) in [4.78, 5) is 17.1. The van der Waals surface area contributed by atoms with E-state index in [1.807, 2.05) is 62.6 Å². The van der Waals surface area contributed by atoms with E-state index in [4.69, 9.17) is 11.6 Å². The Morgan fingerprint density at radius 2 is 1.82 bits per heavy atom. The minimum atomic E-state index is -0.437. The zero-order valence-corrected chi connectivity index (χ0v) is 20.3. The third-order valence-corrected chi connectivity index (χ3v) is 6.57. The van der Waals surface area contributed by atoms with Crippen LogP contribution in [0.3, 0.4) is 0 Å². The Morgan fingerprint density at radius 1 is 1.06 bits per heavy atom. The summed E-state index contributed by atoms with van der Waals surface area (Å²) in [6, 6.07) is 11.4. The van der Waals surface area contributed by atoms with Crippen LogP contribution in [0.25, 0.3) is 17.1 Å². The number of halogens is 1. The molecule has 170 valence electrons. The summed E-state index contributed by atoms with van der Waals surface area (Å²) in [7, 11) is 0. The summed E-state index contributed by atoms with van der Waals surface area (Å²) < 4.78 is 3.71. The predicted molar refractivity (Wildman–Crippen MR) is 131 cm³/mol. The largest absolute Gasteiger partial charge is 0.310 e. The van der Waals surface area contributed by atoms with Gasteiger partial charge in [0.2, 0.25) is 5.91 Å². The van der Waals surface area contributed by atoms with E-state index in [-0.39, 0.29) is 11.9 Å². The van der Waals surface area contributed by atoms with Crippen molar-refractivity contribution in [1.29, 1.82) is 0 Å². The number of hydrogen-bond donors (Lipinski definition) is 1. The highest BCUT2D eigenvalue weighted by atomic mass is 35.5. The number of anilines is 1. The van der Waals surface area contributed by atoms with Crippen molar-refractivity contribution in [2.75, 3.05) is 5.32 Å². The van der Waals surface area contributed by atoms with E-state index >= 15 is 0 Å². The SMILES string of the molecule is Cc1c(Cl)cccc1-n1c(SC(C)C(=O)Nc2ccnn2C(C)C)nnc1-c1ccncc1. The second-order valence-corrected chi connectivity index (χ2v) is 9.48. The molecule has 0 saturated carbocycles. The van der Waals surface area contributed by atoms with Gasteiger partial charge in [-0.2, -0.15) is 5.10 Å². The van der Waals surface area contributed by atoms with Crippen molar-refractivity contribution in [2.45, 2.75) is 44.1 Å². The van der Waals surface area contributed by atoms with Gasteiger partial charge in [0.05, 0.1) is 17.1 Å². The van der Waals surface area contributed by atoms with E-state index in [1.54, 1.807) is 29.3 Å². The van der Waals surface area contributed by atoms with E-state index in [9.17, 15) is 4.79 Å². The lowest BCUT2D eigenvalue weighted by molar-refractivity contribution is -0.115. The van der Waals surface area contributed by atoms with Crippen LogP contribution in [0.2, 0.25) is 5.02 Å². The minimum Gasteiger partial charge on any atom is -0.310 e. The van der Waals surface area contributed by atoms with Gasteiger partial charge in [0, 0.05) is 35.1 Å². The molecule has 10 heteroatoms. The molecular formula is C23H24ClN7OS.